The second-order valence-electron chi connectivity index (χ2n) is 4.82. The summed E-state index contributed by atoms with van der Waals surface area (Å²) >= 11 is 5.96. The Morgan fingerprint density at radius 1 is 1.43 bits per heavy atom. The maximum atomic E-state index is 12.3. The molecule has 114 valence electrons. The molecule has 21 heavy (non-hydrogen) atoms. The van der Waals surface area contributed by atoms with E-state index in [0.717, 1.165) is 12.6 Å². The number of nitrogens with zero attached hydrogens (tertiary/aromatic N) is 3. The van der Waals surface area contributed by atoms with Gasteiger partial charge in [-0.3, -0.25) is 4.79 Å². The van der Waals surface area contributed by atoms with E-state index in [9.17, 15) is 18.0 Å². The summed E-state index contributed by atoms with van der Waals surface area (Å²) in [6.45, 7) is 0.281. The second-order valence-corrected chi connectivity index (χ2v) is 5.16. The van der Waals surface area contributed by atoms with Gasteiger partial charge in [0.2, 0.25) is 11.2 Å². The number of alkyl halides is 3. The Kier molecular flexibility index (Phi) is 4.13. The number of fused-ring (bicyclic) bond motifs is 1. The first-order valence-corrected chi connectivity index (χ1v) is 6.48. The SMILES string of the molecule is Cc1ccc2nc(Cl)n(CC(=O)N(C)CC(F)(F)F)c2c1. The molecule has 0 radical (unpaired) electrons. The summed E-state index contributed by atoms with van der Waals surface area (Å²) in [5.74, 6) is -0.685. The third-order valence-corrected chi connectivity index (χ3v) is 3.28. The molecule has 0 unspecified atom stereocenters. The average molecular weight is 320 g/mol. The highest BCUT2D eigenvalue weighted by Crippen LogP contribution is 2.22. The summed E-state index contributed by atoms with van der Waals surface area (Å²) in [6.07, 6.45) is -4.43. The number of halogens is 4. The summed E-state index contributed by atoms with van der Waals surface area (Å²) in [7, 11) is 1.11. The van der Waals surface area contributed by atoms with Gasteiger partial charge in [0.1, 0.15) is 13.1 Å². The highest BCUT2D eigenvalue weighted by Gasteiger charge is 2.31. The summed E-state index contributed by atoms with van der Waals surface area (Å²) in [4.78, 5) is 16.6. The molecule has 4 nitrogen and oxygen atoms in total. The van der Waals surface area contributed by atoms with Crippen LogP contribution in [-0.4, -0.2) is 40.1 Å². The number of rotatable bonds is 3. The Labute approximate surface area is 124 Å². The van der Waals surface area contributed by atoms with Crippen molar-refractivity contribution in [3.63, 3.8) is 0 Å². The lowest BCUT2D eigenvalue weighted by molar-refractivity contribution is -0.158. The number of imidazole rings is 1. The van der Waals surface area contributed by atoms with Crippen LogP contribution < -0.4 is 0 Å². The minimum Gasteiger partial charge on any atom is -0.335 e. The highest BCUT2D eigenvalue weighted by molar-refractivity contribution is 6.29. The Morgan fingerprint density at radius 3 is 2.71 bits per heavy atom. The van der Waals surface area contributed by atoms with Gasteiger partial charge in [0.05, 0.1) is 11.0 Å². The molecule has 8 heteroatoms. The number of likely N-dealkylation sites (N-methyl/N-ethyl adjacent to an activating group) is 1. The highest BCUT2D eigenvalue weighted by atomic mass is 35.5. The van der Waals surface area contributed by atoms with Crippen LogP contribution in [0.1, 0.15) is 5.56 Å². The topological polar surface area (TPSA) is 38.1 Å². The van der Waals surface area contributed by atoms with Crippen molar-refractivity contribution in [2.75, 3.05) is 13.6 Å². The van der Waals surface area contributed by atoms with Gasteiger partial charge in [-0.05, 0) is 36.2 Å². The summed E-state index contributed by atoms with van der Waals surface area (Å²) in [5.41, 5.74) is 2.15. The lowest BCUT2D eigenvalue weighted by atomic mass is 10.2. The predicted molar refractivity (Wildman–Crippen MR) is 73.2 cm³/mol. The number of aryl methyl sites for hydroxylation is 1. The van der Waals surface area contributed by atoms with Crippen molar-refractivity contribution >= 4 is 28.5 Å². The summed E-state index contributed by atoms with van der Waals surface area (Å²) in [6, 6.07) is 5.37. The van der Waals surface area contributed by atoms with E-state index in [-0.39, 0.29) is 11.8 Å². The van der Waals surface area contributed by atoms with E-state index in [2.05, 4.69) is 4.98 Å². The molecule has 2 rings (SSSR count). The van der Waals surface area contributed by atoms with E-state index in [0.29, 0.717) is 15.9 Å². The van der Waals surface area contributed by atoms with Crippen LogP contribution in [0.4, 0.5) is 13.2 Å². The van der Waals surface area contributed by atoms with Crippen molar-refractivity contribution in [1.82, 2.24) is 14.5 Å². The molecule has 0 aliphatic carbocycles. The lowest BCUT2D eigenvalue weighted by Crippen LogP contribution is -2.37. The molecule has 2 aromatic rings. The lowest BCUT2D eigenvalue weighted by Gasteiger charge is -2.19. The van der Waals surface area contributed by atoms with Crippen LogP contribution in [0.2, 0.25) is 5.28 Å². The smallest absolute Gasteiger partial charge is 0.335 e. The van der Waals surface area contributed by atoms with Gasteiger partial charge >= 0.3 is 6.18 Å². The van der Waals surface area contributed by atoms with Gasteiger partial charge in [-0.2, -0.15) is 13.2 Å². The third kappa shape index (κ3) is 3.66. The van der Waals surface area contributed by atoms with Gasteiger partial charge in [-0.1, -0.05) is 6.07 Å². The Bertz CT molecular complexity index is 681. The van der Waals surface area contributed by atoms with Crippen molar-refractivity contribution in [3.8, 4) is 0 Å². The van der Waals surface area contributed by atoms with E-state index >= 15 is 0 Å². The molecule has 0 saturated carbocycles. The molecule has 0 fully saturated rings. The van der Waals surface area contributed by atoms with Crippen LogP contribution in [0.5, 0.6) is 0 Å². The number of carbonyl (C=O) groups excluding carboxylic acids is 1. The van der Waals surface area contributed by atoms with Crippen LogP contribution in [0.3, 0.4) is 0 Å². The summed E-state index contributed by atoms with van der Waals surface area (Å²) < 4.78 is 38.3. The van der Waals surface area contributed by atoms with Gasteiger partial charge in [0, 0.05) is 7.05 Å². The van der Waals surface area contributed by atoms with E-state index in [1.54, 1.807) is 12.1 Å². The van der Waals surface area contributed by atoms with Gasteiger partial charge in [-0.25, -0.2) is 4.98 Å². The van der Waals surface area contributed by atoms with Gasteiger partial charge in [0.25, 0.3) is 0 Å². The monoisotopic (exact) mass is 319 g/mol. The van der Waals surface area contributed by atoms with E-state index in [1.165, 1.54) is 4.57 Å². The molecule has 0 atom stereocenters. The van der Waals surface area contributed by atoms with Crippen LogP contribution in [0, 0.1) is 6.92 Å². The second kappa shape index (κ2) is 5.55. The molecule has 0 saturated heterocycles. The fourth-order valence-electron chi connectivity index (χ4n) is 1.97. The minimum atomic E-state index is -4.43. The Morgan fingerprint density at radius 2 is 2.10 bits per heavy atom. The first-order valence-electron chi connectivity index (χ1n) is 6.10. The molecule has 0 spiro atoms. The van der Waals surface area contributed by atoms with Crippen molar-refractivity contribution in [3.05, 3.63) is 29.0 Å². The minimum absolute atomic E-state index is 0.0735. The molecule has 0 aliphatic rings. The molecule has 0 bridgehead atoms. The quantitative estimate of drug-likeness (QED) is 0.872. The number of benzene rings is 1. The van der Waals surface area contributed by atoms with E-state index in [1.807, 2.05) is 13.0 Å². The predicted octanol–water partition coefficient (Wildman–Crippen LogP) is 3.02. The molecular formula is C13H13ClF3N3O. The van der Waals surface area contributed by atoms with Crippen molar-refractivity contribution in [2.24, 2.45) is 0 Å². The summed E-state index contributed by atoms with van der Waals surface area (Å²) in [5, 5.41) is 0.0735. The molecule has 0 aliphatic heterocycles. The number of aromatic nitrogens is 2. The zero-order chi connectivity index (χ0) is 15.8. The normalized spacial score (nSPS) is 11.9. The van der Waals surface area contributed by atoms with Crippen LogP contribution in [0.15, 0.2) is 18.2 Å². The zero-order valence-electron chi connectivity index (χ0n) is 11.4. The maximum Gasteiger partial charge on any atom is 0.406 e. The first-order chi connectivity index (χ1) is 9.67. The van der Waals surface area contributed by atoms with Crippen molar-refractivity contribution in [1.29, 1.82) is 0 Å². The zero-order valence-corrected chi connectivity index (χ0v) is 12.2. The van der Waals surface area contributed by atoms with E-state index in [4.69, 9.17) is 11.6 Å². The fraction of sp³-hybridized carbons (Fsp3) is 0.385. The standard InChI is InChI=1S/C13H13ClF3N3O/c1-8-3-4-9-10(5-8)20(12(14)18-9)6-11(21)19(2)7-13(15,16)17/h3-5H,6-7H2,1-2H3. The van der Waals surface area contributed by atoms with Gasteiger partial charge in [-0.15, -0.1) is 0 Å². The number of amides is 1. The van der Waals surface area contributed by atoms with E-state index < -0.39 is 18.6 Å². The molecule has 1 heterocycles. The third-order valence-electron chi connectivity index (χ3n) is 2.99. The van der Waals surface area contributed by atoms with Crippen LogP contribution >= 0.6 is 11.6 Å². The molecule has 0 N–H and O–H groups in total. The largest absolute Gasteiger partial charge is 0.406 e. The van der Waals surface area contributed by atoms with Crippen LogP contribution in [-0.2, 0) is 11.3 Å². The number of hydrogen-bond acceptors (Lipinski definition) is 2. The first kappa shape index (κ1) is 15.6. The Balaban J connectivity index is 2.25. The molecule has 1 amide bonds. The molecule has 1 aromatic heterocycles. The number of hydrogen-bond donors (Lipinski definition) is 0. The molecule has 1 aromatic carbocycles. The van der Waals surface area contributed by atoms with Crippen molar-refractivity contribution < 1.29 is 18.0 Å². The Hall–Kier alpha value is -1.76. The van der Waals surface area contributed by atoms with Gasteiger partial charge < -0.3 is 9.47 Å². The number of carbonyl (C=O) groups is 1. The molecular weight excluding hydrogens is 307 g/mol. The van der Waals surface area contributed by atoms with Crippen LogP contribution in [0.25, 0.3) is 11.0 Å². The van der Waals surface area contributed by atoms with Gasteiger partial charge in [0.15, 0.2) is 0 Å². The average Bonchev–Trinajstić information content (AvgIpc) is 2.64. The fourth-order valence-corrected chi connectivity index (χ4v) is 2.21. The van der Waals surface area contributed by atoms with Crippen molar-refractivity contribution in [2.45, 2.75) is 19.6 Å². The maximum absolute atomic E-state index is 12.3.